The zero-order valence-corrected chi connectivity index (χ0v) is 19.3. The summed E-state index contributed by atoms with van der Waals surface area (Å²) in [4.78, 5) is 40.4. The summed E-state index contributed by atoms with van der Waals surface area (Å²) in [6.45, 7) is 0.369. The Morgan fingerprint density at radius 1 is 0.971 bits per heavy atom. The van der Waals surface area contributed by atoms with Crippen molar-refractivity contribution >= 4 is 35.0 Å². The smallest absolute Gasteiger partial charge is 0.337 e. The van der Waals surface area contributed by atoms with Crippen molar-refractivity contribution in [3.8, 4) is 11.4 Å². The highest BCUT2D eigenvalue weighted by Crippen LogP contribution is 2.15. The number of rotatable bonds is 6. The molecule has 1 amide bonds. The van der Waals surface area contributed by atoms with Crippen LogP contribution in [0.25, 0.3) is 16.6 Å². The van der Waals surface area contributed by atoms with Gasteiger partial charge < -0.3 is 19.8 Å². The van der Waals surface area contributed by atoms with Gasteiger partial charge in [-0.3, -0.25) is 14.2 Å². The fourth-order valence-electron chi connectivity index (χ4n) is 3.49. The van der Waals surface area contributed by atoms with Gasteiger partial charge in [0.2, 0.25) is 0 Å². The summed E-state index contributed by atoms with van der Waals surface area (Å²) in [7, 11) is 2.88. The van der Waals surface area contributed by atoms with Gasteiger partial charge in [0.25, 0.3) is 11.5 Å². The van der Waals surface area contributed by atoms with Gasteiger partial charge in [0.1, 0.15) is 5.75 Å². The van der Waals surface area contributed by atoms with E-state index in [0.717, 1.165) is 11.3 Å². The Balaban J connectivity index is 1.56. The third-order valence-corrected chi connectivity index (χ3v) is 5.60. The summed E-state index contributed by atoms with van der Waals surface area (Å²) in [6.07, 6.45) is 0. The SMILES string of the molecule is COC(=O)c1ccc2c(=O)n(-c3ccc(C(=O)NCc4ccc(OC)cc4)cc3)c(=S)[nH]c2c1. The average molecular weight is 476 g/mol. The van der Waals surface area contributed by atoms with Crippen molar-refractivity contribution in [3.63, 3.8) is 0 Å². The molecule has 3 aromatic carbocycles. The lowest BCUT2D eigenvalue weighted by atomic mass is 10.1. The molecule has 0 saturated carbocycles. The topological polar surface area (TPSA) is 102 Å². The lowest BCUT2D eigenvalue weighted by molar-refractivity contribution is 0.0600. The van der Waals surface area contributed by atoms with Crippen LogP contribution in [-0.2, 0) is 11.3 Å². The monoisotopic (exact) mass is 475 g/mol. The second kappa shape index (κ2) is 9.72. The summed E-state index contributed by atoms with van der Waals surface area (Å²) in [5.74, 6) is -0.00293. The first-order valence-electron chi connectivity index (χ1n) is 10.3. The summed E-state index contributed by atoms with van der Waals surface area (Å²) in [6, 6.07) is 18.6. The second-order valence-electron chi connectivity index (χ2n) is 7.40. The highest BCUT2D eigenvalue weighted by Gasteiger charge is 2.12. The number of nitrogens with zero attached hydrogens (tertiary/aromatic N) is 1. The van der Waals surface area contributed by atoms with Crippen molar-refractivity contribution in [3.05, 3.63) is 98.5 Å². The van der Waals surface area contributed by atoms with E-state index in [-0.39, 0.29) is 16.2 Å². The number of hydrogen-bond donors (Lipinski definition) is 2. The molecule has 0 fully saturated rings. The van der Waals surface area contributed by atoms with Crippen molar-refractivity contribution < 1.29 is 19.1 Å². The molecule has 0 atom stereocenters. The predicted molar refractivity (Wildman–Crippen MR) is 130 cm³/mol. The maximum Gasteiger partial charge on any atom is 0.337 e. The molecule has 34 heavy (non-hydrogen) atoms. The fraction of sp³-hybridized carbons (Fsp3) is 0.120. The first kappa shape index (κ1) is 22.9. The maximum atomic E-state index is 13.1. The van der Waals surface area contributed by atoms with Gasteiger partial charge in [-0.2, -0.15) is 0 Å². The number of H-pyrrole nitrogens is 1. The van der Waals surface area contributed by atoms with Crippen LogP contribution in [0.1, 0.15) is 26.3 Å². The molecule has 0 bridgehead atoms. The number of benzene rings is 3. The molecular formula is C25H21N3O5S. The minimum Gasteiger partial charge on any atom is -0.497 e. The number of methoxy groups -OCH3 is 2. The van der Waals surface area contributed by atoms with Crippen LogP contribution in [0.2, 0.25) is 0 Å². The quantitative estimate of drug-likeness (QED) is 0.325. The molecule has 2 N–H and O–H groups in total. The fourth-order valence-corrected chi connectivity index (χ4v) is 3.79. The third-order valence-electron chi connectivity index (χ3n) is 5.32. The summed E-state index contributed by atoms with van der Waals surface area (Å²) < 4.78 is 11.4. The number of esters is 1. The van der Waals surface area contributed by atoms with Crippen molar-refractivity contribution in [1.82, 2.24) is 14.9 Å². The van der Waals surface area contributed by atoms with Crippen LogP contribution in [0, 0.1) is 4.77 Å². The summed E-state index contributed by atoms with van der Waals surface area (Å²) >= 11 is 5.39. The molecule has 4 rings (SSSR count). The molecule has 0 spiro atoms. The van der Waals surface area contributed by atoms with Crippen LogP contribution in [0.4, 0.5) is 0 Å². The van der Waals surface area contributed by atoms with Crippen LogP contribution >= 0.6 is 12.2 Å². The Morgan fingerprint density at radius 2 is 1.65 bits per heavy atom. The minimum absolute atomic E-state index is 0.163. The first-order chi connectivity index (χ1) is 16.4. The number of amides is 1. The zero-order chi connectivity index (χ0) is 24.2. The summed E-state index contributed by atoms with van der Waals surface area (Å²) in [5.41, 5.74) is 2.30. The van der Waals surface area contributed by atoms with Gasteiger partial charge in [-0.15, -0.1) is 0 Å². The number of aromatic nitrogens is 2. The van der Waals surface area contributed by atoms with Crippen LogP contribution in [0.15, 0.2) is 71.5 Å². The molecule has 0 aliphatic carbocycles. The maximum absolute atomic E-state index is 13.1. The normalized spacial score (nSPS) is 10.6. The van der Waals surface area contributed by atoms with Crippen molar-refractivity contribution in [2.45, 2.75) is 6.54 Å². The van der Waals surface area contributed by atoms with Gasteiger partial charge in [-0.1, -0.05) is 12.1 Å². The van der Waals surface area contributed by atoms with Crippen LogP contribution in [0.3, 0.4) is 0 Å². The molecule has 0 aliphatic heterocycles. The number of hydrogen-bond acceptors (Lipinski definition) is 6. The molecule has 0 radical (unpaired) electrons. The number of ether oxygens (including phenoxy) is 2. The molecule has 0 aliphatic rings. The van der Waals surface area contributed by atoms with Gasteiger partial charge in [-0.25, -0.2) is 4.79 Å². The first-order valence-corrected chi connectivity index (χ1v) is 10.7. The molecule has 1 heterocycles. The second-order valence-corrected chi connectivity index (χ2v) is 7.79. The van der Waals surface area contributed by atoms with E-state index in [1.165, 1.54) is 23.8 Å². The van der Waals surface area contributed by atoms with Crippen LogP contribution in [0.5, 0.6) is 5.75 Å². The van der Waals surface area contributed by atoms with E-state index in [1.54, 1.807) is 37.4 Å². The van der Waals surface area contributed by atoms with E-state index in [1.807, 2.05) is 24.3 Å². The Bertz CT molecular complexity index is 1490. The highest BCUT2D eigenvalue weighted by atomic mass is 32.1. The highest BCUT2D eigenvalue weighted by molar-refractivity contribution is 7.71. The van der Waals surface area contributed by atoms with Gasteiger partial charge in [-0.05, 0) is 72.4 Å². The number of carbonyl (C=O) groups is 2. The minimum atomic E-state index is -0.508. The summed E-state index contributed by atoms with van der Waals surface area (Å²) in [5, 5.41) is 3.23. The Kier molecular flexibility index (Phi) is 6.55. The standard InChI is InChI=1S/C25H21N3O5S/c1-32-19-10-3-15(4-11-19)14-26-22(29)16-5-8-18(9-6-16)28-23(30)20-12-7-17(24(31)33-2)13-21(20)27-25(28)34/h3-13H,14H2,1-2H3,(H,26,29)(H,27,34). The van der Waals surface area contributed by atoms with Crippen molar-refractivity contribution in [2.75, 3.05) is 14.2 Å². The molecule has 1 aromatic heterocycles. The van der Waals surface area contributed by atoms with Crippen molar-refractivity contribution in [1.29, 1.82) is 0 Å². The van der Waals surface area contributed by atoms with E-state index < -0.39 is 5.97 Å². The largest absolute Gasteiger partial charge is 0.497 e. The van der Waals surface area contributed by atoms with Crippen LogP contribution < -0.4 is 15.6 Å². The van der Waals surface area contributed by atoms with Crippen molar-refractivity contribution in [2.24, 2.45) is 0 Å². The number of nitrogens with one attached hydrogen (secondary N) is 2. The number of fused-ring (bicyclic) bond motifs is 1. The predicted octanol–water partition coefficient (Wildman–Crippen LogP) is 3.77. The third kappa shape index (κ3) is 4.60. The van der Waals surface area contributed by atoms with Gasteiger partial charge in [0.05, 0.1) is 36.4 Å². The van der Waals surface area contributed by atoms with E-state index in [4.69, 9.17) is 21.7 Å². The number of carbonyl (C=O) groups excluding carboxylic acids is 2. The molecular weight excluding hydrogens is 454 g/mol. The molecule has 0 saturated heterocycles. The molecule has 0 unspecified atom stereocenters. The van der Waals surface area contributed by atoms with E-state index in [0.29, 0.717) is 34.3 Å². The zero-order valence-electron chi connectivity index (χ0n) is 18.5. The lowest BCUT2D eigenvalue weighted by Gasteiger charge is -2.10. The van der Waals surface area contributed by atoms with Gasteiger partial charge in [0.15, 0.2) is 4.77 Å². The Hall–Kier alpha value is -4.24. The van der Waals surface area contributed by atoms with E-state index in [2.05, 4.69) is 10.3 Å². The van der Waals surface area contributed by atoms with E-state index >= 15 is 0 Å². The molecule has 172 valence electrons. The molecule has 4 aromatic rings. The Labute approximate surface area is 199 Å². The van der Waals surface area contributed by atoms with Gasteiger partial charge in [0, 0.05) is 12.1 Å². The number of aromatic amines is 1. The molecule has 8 nitrogen and oxygen atoms in total. The average Bonchev–Trinajstić information content (AvgIpc) is 2.87. The van der Waals surface area contributed by atoms with E-state index in [9.17, 15) is 14.4 Å². The van der Waals surface area contributed by atoms with Gasteiger partial charge >= 0.3 is 5.97 Å². The van der Waals surface area contributed by atoms with Crippen LogP contribution in [-0.4, -0.2) is 35.6 Å². The lowest BCUT2D eigenvalue weighted by Crippen LogP contribution is -2.23. The Morgan fingerprint density at radius 3 is 2.29 bits per heavy atom. The molecule has 9 heteroatoms.